The van der Waals surface area contributed by atoms with Crippen molar-refractivity contribution in [2.75, 3.05) is 26.1 Å². The fourth-order valence-corrected chi connectivity index (χ4v) is 3.04. The molecule has 0 fully saturated rings. The minimum Gasteiger partial charge on any atom is -0.481 e. The minimum absolute atomic E-state index is 0.199. The summed E-state index contributed by atoms with van der Waals surface area (Å²) >= 11 is 5.98. The molecule has 0 spiro atoms. The number of aliphatic carboxylic acids is 1. The standard InChI is InChI=1S/C17H26ClNO3/c1-4-11-19(22-3,12-10-18)16-9-8-14(2)15(13-16)6-5-7-17(20)21/h8-9,13H,4-7,10-12H2,1-3H3/p+1. The van der Waals surface area contributed by atoms with Crippen LogP contribution in [0.1, 0.15) is 37.3 Å². The van der Waals surface area contributed by atoms with E-state index in [1.165, 1.54) is 11.1 Å². The van der Waals surface area contributed by atoms with Gasteiger partial charge in [0.2, 0.25) is 0 Å². The molecule has 124 valence electrons. The average molecular weight is 329 g/mol. The molecule has 1 unspecified atom stereocenters. The molecular weight excluding hydrogens is 302 g/mol. The topological polar surface area (TPSA) is 46.5 Å². The highest BCUT2D eigenvalue weighted by molar-refractivity contribution is 6.18. The highest BCUT2D eigenvalue weighted by Crippen LogP contribution is 2.28. The van der Waals surface area contributed by atoms with E-state index in [1.807, 2.05) is 0 Å². The number of quaternary nitrogens is 1. The summed E-state index contributed by atoms with van der Waals surface area (Å²) in [4.78, 5) is 16.5. The van der Waals surface area contributed by atoms with Gasteiger partial charge in [-0.25, -0.2) is 4.84 Å². The molecule has 0 aliphatic carbocycles. The summed E-state index contributed by atoms with van der Waals surface area (Å²) in [6.07, 6.45) is 2.61. The van der Waals surface area contributed by atoms with Gasteiger partial charge in [0.1, 0.15) is 13.1 Å². The van der Waals surface area contributed by atoms with Gasteiger partial charge in [0.25, 0.3) is 0 Å². The summed E-state index contributed by atoms with van der Waals surface area (Å²) in [5.74, 6) is -0.222. The van der Waals surface area contributed by atoms with Gasteiger partial charge < -0.3 is 5.11 Å². The number of hydrogen-bond acceptors (Lipinski definition) is 2. The van der Waals surface area contributed by atoms with Crippen LogP contribution in [0.25, 0.3) is 0 Å². The number of benzene rings is 1. The number of hydroxylamine groups is 2. The first kappa shape index (κ1) is 18.9. The Hall–Kier alpha value is -1.10. The third-order valence-electron chi connectivity index (χ3n) is 4.02. The summed E-state index contributed by atoms with van der Waals surface area (Å²) < 4.78 is 0.409. The molecular formula is C17H27ClNO3+. The van der Waals surface area contributed by atoms with E-state index in [2.05, 4.69) is 32.0 Å². The van der Waals surface area contributed by atoms with Crippen LogP contribution in [0.4, 0.5) is 5.69 Å². The maximum Gasteiger partial charge on any atom is 0.303 e. The Morgan fingerprint density at radius 2 is 2.09 bits per heavy atom. The number of halogens is 1. The molecule has 22 heavy (non-hydrogen) atoms. The van der Waals surface area contributed by atoms with E-state index in [0.29, 0.717) is 23.5 Å². The molecule has 0 amide bonds. The first-order chi connectivity index (χ1) is 10.5. The van der Waals surface area contributed by atoms with Crippen molar-refractivity contribution in [2.45, 2.75) is 39.5 Å². The highest BCUT2D eigenvalue weighted by atomic mass is 35.5. The third kappa shape index (κ3) is 4.97. The van der Waals surface area contributed by atoms with Gasteiger partial charge in [-0.2, -0.15) is 0 Å². The van der Waals surface area contributed by atoms with Gasteiger partial charge >= 0.3 is 5.97 Å². The van der Waals surface area contributed by atoms with Crippen molar-refractivity contribution in [3.8, 4) is 0 Å². The molecule has 0 bridgehead atoms. The van der Waals surface area contributed by atoms with Crippen LogP contribution >= 0.6 is 11.6 Å². The molecule has 0 heterocycles. The Bertz CT molecular complexity index is 485. The van der Waals surface area contributed by atoms with Crippen LogP contribution in [-0.2, 0) is 16.1 Å². The molecule has 1 aromatic rings. The van der Waals surface area contributed by atoms with Crippen molar-refractivity contribution >= 4 is 23.3 Å². The molecule has 0 aromatic heterocycles. The molecule has 0 radical (unpaired) electrons. The van der Waals surface area contributed by atoms with Crippen LogP contribution in [0.15, 0.2) is 18.2 Å². The van der Waals surface area contributed by atoms with Crippen LogP contribution in [0.2, 0.25) is 0 Å². The van der Waals surface area contributed by atoms with Crippen molar-refractivity contribution in [1.82, 2.24) is 4.65 Å². The molecule has 0 saturated carbocycles. The largest absolute Gasteiger partial charge is 0.481 e. The number of carbonyl (C=O) groups is 1. The summed E-state index contributed by atoms with van der Waals surface area (Å²) in [7, 11) is 1.71. The zero-order chi connectivity index (χ0) is 16.6. The predicted octanol–water partition coefficient (Wildman–Crippen LogP) is 3.92. The number of carboxylic acid groups (broad SMARTS) is 1. The number of carboxylic acids is 1. The molecule has 5 heteroatoms. The summed E-state index contributed by atoms with van der Waals surface area (Å²) in [5.41, 5.74) is 3.45. The monoisotopic (exact) mass is 328 g/mol. The zero-order valence-corrected chi connectivity index (χ0v) is 14.5. The van der Waals surface area contributed by atoms with E-state index in [-0.39, 0.29) is 6.42 Å². The maximum atomic E-state index is 10.7. The third-order valence-corrected chi connectivity index (χ3v) is 4.19. The summed E-state index contributed by atoms with van der Waals surface area (Å²) in [6.45, 7) is 5.76. The number of alkyl halides is 1. The van der Waals surface area contributed by atoms with Gasteiger partial charge in [0.15, 0.2) is 5.69 Å². The van der Waals surface area contributed by atoms with Crippen molar-refractivity contribution in [3.63, 3.8) is 0 Å². The quantitative estimate of drug-likeness (QED) is 0.402. The normalized spacial score (nSPS) is 13.8. The minimum atomic E-state index is -0.746. The SMILES string of the molecule is CCC[N+](CCCl)(OC)c1ccc(C)c(CCCC(=O)O)c1. The van der Waals surface area contributed by atoms with E-state index < -0.39 is 5.97 Å². The average Bonchev–Trinajstić information content (AvgIpc) is 2.48. The number of rotatable bonds is 10. The van der Waals surface area contributed by atoms with Gasteiger partial charge in [-0.1, -0.05) is 13.0 Å². The lowest BCUT2D eigenvalue weighted by Crippen LogP contribution is -2.50. The first-order valence-electron chi connectivity index (χ1n) is 7.79. The van der Waals surface area contributed by atoms with Crippen molar-refractivity contribution in [2.24, 2.45) is 0 Å². The Morgan fingerprint density at radius 1 is 1.36 bits per heavy atom. The molecule has 1 rings (SSSR count). The van der Waals surface area contributed by atoms with Crippen LogP contribution in [0.3, 0.4) is 0 Å². The van der Waals surface area contributed by atoms with Crippen molar-refractivity contribution in [3.05, 3.63) is 29.3 Å². The van der Waals surface area contributed by atoms with Gasteiger partial charge in [-0.3, -0.25) is 4.79 Å². The smallest absolute Gasteiger partial charge is 0.303 e. The zero-order valence-electron chi connectivity index (χ0n) is 13.8. The fourth-order valence-electron chi connectivity index (χ4n) is 2.77. The van der Waals surface area contributed by atoms with E-state index in [9.17, 15) is 4.79 Å². The number of nitrogens with zero attached hydrogens (tertiary/aromatic N) is 1. The maximum absolute atomic E-state index is 10.7. The van der Waals surface area contributed by atoms with Gasteiger partial charge in [-0.05, 0) is 37.3 Å². The van der Waals surface area contributed by atoms with Gasteiger partial charge in [0, 0.05) is 18.6 Å². The summed E-state index contributed by atoms with van der Waals surface area (Å²) in [6, 6.07) is 6.31. The van der Waals surface area contributed by atoms with Gasteiger partial charge in [0.05, 0.1) is 13.0 Å². The molecule has 0 aliphatic heterocycles. The second kappa shape index (κ2) is 9.13. The van der Waals surface area contributed by atoms with Crippen molar-refractivity contribution in [1.29, 1.82) is 0 Å². The second-order valence-corrected chi connectivity index (χ2v) is 5.94. The molecule has 1 aromatic carbocycles. The molecule has 0 saturated heterocycles. The van der Waals surface area contributed by atoms with Crippen molar-refractivity contribution < 1.29 is 14.7 Å². The van der Waals surface area contributed by atoms with Gasteiger partial charge in [-0.15, -0.1) is 16.2 Å². The Balaban J connectivity index is 3.04. The molecule has 1 N–H and O–H groups in total. The second-order valence-electron chi connectivity index (χ2n) is 5.57. The lowest BCUT2D eigenvalue weighted by Gasteiger charge is -2.33. The molecule has 0 aliphatic rings. The van der Waals surface area contributed by atoms with Crippen LogP contribution in [0.5, 0.6) is 0 Å². The van der Waals surface area contributed by atoms with Crippen LogP contribution in [-0.4, -0.2) is 37.2 Å². The lowest BCUT2D eigenvalue weighted by atomic mass is 10.0. The fraction of sp³-hybridized carbons (Fsp3) is 0.588. The number of hydrogen-bond donors (Lipinski definition) is 1. The highest BCUT2D eigenvalue weighted by Gasteiger charge is 2.30. The molecule has 1 atom stereocenters. The van der Waals surface area contributed by atoms with Crippen LogP contribution in [0, 0.1) is 6.92 Å². The predicted molar refractivity (Wildman–Crippen MR) is 91.3 cm³/mol. The van der Waals surface area contributed by atoms with E-state index in [4.69, 9.17) is 21.5 Å². The Morgan fingerprint density at radius 3 is 2.64 bits per heavy atom. The van der Waals surface area contributed by atoms with Crippen LogP contribution < -0.4 is 4.65 Å². The molecule has 4 nitrogen and oxygen atoms in total. The summed E-state index contributed by atoms with van der Waals surface area (Å²) in [5, 5.41) is 8.78. The Labute approximate surface area is 138 Å². The Kier molecular flexibility index (Phi) is 7.87. The van der Waals surface area contributed by atoms with E-state index >= 15 is 0 Å². The lowest BCUT2D eigenvalue weighted by molar-refractivity contribution is -0.137. The first-order valence-corrected chi connectivity index (χ1v) is 8.33. The van der Waals surface area contributed by atoms with E-state index in [1.54, 1.807) is 7.11 Å². The van der Waals surface area contributed by atoms with E-state index in [0.717, 1.165) is 25.1 Å². The number of aryl methyl sites for hydroxylation is 2.